The summed E-state index contributed by atoms with van der Waals surface area (Å²) in [6, 6.07) is 6.89. The number of unbranched alkanes of at least 4 members (excludes halogenated alkanes) is 1. The minimum Gasteiger partial charge on any atom is -0.356 e. The standard InChI is InChI=1S/C17H23N3O3.ClH/c1-18-10-6-9-15(21)19-11-4-5-12-20-16(22)13-7-2-3-8-14(13)17(20)23;/h2-3,7-8,18H,4-6,9-12H2,1H3,(H,19,21);1H. The van der Waals surface area contributed by atoms with Gasteiger partial charge in [0, 0.05) is 19.5 Å². The third-order valence-electron chi connectivity index (χ3n) is 3.84. The number of hydrogen-bond acceptors (Lipinski definition) is 4. The van der Waals surface area contributed by atoms with Crippen LogP contribution in [0.1, 0.15) is 46.4 Å². The first kappa shape index (κ1) is 20.1. The van der Waals surface area contributed by atoms with Crippen molar-refractivity contribution in [2.45, 2.75) is 25.7 Å². The zero-order chi connectivity index (χ0) is 16.7. The number of benzene rings is 1. The van der Waals surface area contributed by atoms with E-state index >= 15 is 0 Å². The second-order valence-corrected chi connectivity index (χ2v) is 5.57. The van der Waals surface area contributed by atoms with Crippen LogP contribution in [0.3, 0.4) is 0 Å². The third-order valence-corrected chi connectivity index (χ3v) is 3.84. The van der Waals surface area contributed by atoms with Crippen molar-refractivity contribution in [2.75, 3.05) is 26.7 Å². The van der Waals surface area contributed by atoms with Gasteiger partial charge in [-0.15, -0.1) is 12.4 Å². The van der Waals surface area contributed by atoms with Crippen molar-refractivity contribution in [1.29, 1.82) is 0 Å². The van der Waals surface area contributed by atoms with Gasteiger partial charge in [0.15, 0.2) is 0 Å². The molecule has 0 radical (unpaired) electrons. The molecule has 1 heterocycles. The fourth-order valence-corrected chi connectivity index (χ4v) is 2.58. The predicted octanol–water partition coefficient (Wildman–Crippen LogP) is 1.60. The van der Waals surface area contributed by atoms with Gasteiger partial charge < -0.3 is 10.6 Å². The Morgan fingerprint density at radius 2 is 1.62 bits per heavy atom. The highest BCUT2D eigenvalue weighted by atomic mass is 35.5. The molecule has 2 rings (SSSR count). The van der Waals surface area contributed by atoms with Gasteiger partial charge in [0.25, 0.3) is 11.8 Å². The number of rotatable bonds is 9. The van der Waals surface area contributed by atoms with Crippen molar-refractivity contribution in [2.24, 2.45) is 0 Å². The molecule has 7 heteroatoms. The quantitative estimate of drug-likeness (QED) is 0.522. The van der Waals surface area contributed by atoms with E-state index in [9.17, 15) is 14.4 Å². The summed E-state index contributed by atoms with van der Waals surface area (Å²) in [5.41, 5.74) is 0.964. The highest BCUT2D eigenvalue weighted by Gasteiger charge is 2.34. The van der Waals surface area contributed by atoms with E-state index in [-0.39, 0.29) is 30.1 Å². The lowest BCUT2D eigenvalue weighted by Crippen LogP contribution is -2.31. The van der Waals surface area contributed by atoms with Crippen LogP contribution in [0.15, 0.2) is 24.3 Å². The van der Waals surface area contributed by atoms with E-state index in [1.54, 1.807) is 24.3 Å². The molecular weight excluding hydrogens is 330 g/mol. The van der Waals surface area contributed by atoms with Gasteiger partial charge in [0.1, 0.15) is 0 Å². The molecule has 0 spiro atoms. The molecule has 2 N–H and O–H groups in total. The lowest BCUT2D eigenvalue weighted by atomic mass is 10.1. The van der Waals surface area contributed by atoms with Gasteiger partial charge in [-0.1, -0.05) is 12.1 Å². The lowest BCUT2D eigenvalue weighted by Gasteiger charge is -2.13. The van der Waals surface area contributed by atoms with Gasteiger partial charge in [0.05, 0.1) is 11.1 Å². The number of halogens is 1. The first-order valence-electron chi connectivity index (χ1n) is 8.01. The Morgan fingerprint density at radius 1 is 1.00 bits per heavy atom. The second kappa shape index (κ2) is 10.1. The van der Waals surface area contributed by atoms with E-state index < -0.39 is 0 Å². The molecule has 0 aromatic heterocycles. The summed E-state index contributed by atoms with van der Waals surface area (Å²) in [5, 5.41) is 5.85. The Kier molecular flexibility index (Phi) is 8.43. The number of fused-ring (bicyclic) bond motifs is 1. The molecule has 6 nitrogen and oxygen atoms in total. The van der Waals surface area contributed by atoms with Crippen LogP contribution in [0, 0.1) is 0 Å². The van der Waals surface area contributed by atoms with Gasteiger partial charge in [-0.3, -0.25) is 19.3 Å². The fourth-order valence-electron chi connectivity index (χ4n) is 2.58. The average molecular weight is 354 g/mol. The molecule has 0 saturated carbocycles. The maximum Gasteiger partial charge on any atom is 0.261 e. The number of imide groups is 1. The lowest BCUT2D eigenvalue weighted by molar-refractivity contribution is -0.121. The molecule has 132 valence electrons. The van der Waals surface area contributed by atoms with Crippen molar-refractivity contribution in [3.8, 4) is 0 Å². The summed E-state index contributed by atoms with van der Waals surface area (Å²) in [6.07, 6.45) is 2.75. The topological polar surface area (TPSA) is 78.5 Å². The van der Waals surface area contributed by atoms with Crippen LogP contribution in [0.2, 0.25) is 0 Å². The fraction of sp³-hybridized carbons (Fsp3) is 0.471. The Bertz CT molecular complexity index is 557. The smallest absolute Gasteiger partial charge is 0.261 e. The highest BCUT2D eigenvalue weighted by Crippen LogP contribution is 2.22. The number of nitrogens with zero attached hydrogens (tertiary/aromatic N) is 1. The van der Waals surface area contributed by atoms with Crippen LogP contribution in [-0.2, 0) is 4.79 Å². The van der Waals surface area contributed by atoms with Gasteiger partial charge in [0.2, 0.25) is 5.91 Å². The molecule has 1 aliphatic heterocycles. The molecule has 0 bridgehead atoms. The van der Waals surface area contributed by atoms with Crippen LogP contribution in [0.25, 0.3) is 0 Å². The monoisotopic (exact) mass is 353 g/mol. The second-order valence-electron chi connectivity index (χ2n) is 5.57. The Morgan fingerprint density at radius 3 is 2.21 bits per heavy atom. The first-order valence-corrected chi connectivity index (χ1v) is 8.01. The largest absolute Gasteiger partial charge is 0.356 e. The van der Waals surface area contributed by atoms with Crippen LogP contribution in [0.4, 0.5) is 0 Å². The van der Waals surface area contributed by atoms with Crippen molar-refractivity contribution < 1.29 is 14.4 Å². The number of amides is 3. The van der Waals surface area contributed by atoms with Gasteiger partial charge in [-0.2, -0.15) is 0 Å². The maximum atomic E-state index is 12.2. The number of nitrogens with one attached hydrogen (secondary N) is 2. The van der Waals surface area contributed by atoms with E-state index in [0.717, 1.165) is 19.4 Å². The van der Waals surface area contributed by atoms with E-state index in [1.807, 2.05) is 7.05 Å². The molecule has 0 atom stereocenters. The minimum atomic E-state index is -0.221. The van der Waals surface area contributed by atoms with Crippen LogP contribution in [-0.4, -0.2) is 49.3 Å². The molecule has 0 saturated heterocycles. The zero-order valence-electron chi connectivity index (χ0n) is 13.8. The zero-order valence-corrected chi connectivity index (χ0v) is 14.7. The van der Waals surface area contributed by atoms with Gasteiger partial charge in [-0.05, 0) is 45.0 Å². The van der Waals surface area contributed by atoms with E-state index in [4.69, 9.17) is 0 Å². The van der Waals surface area contributed by atoms with Crippen molar-refractivity contribution >= 4 is 30.1 Å². The number of hydrogen-bond donors (Lipinski definition) is 2. The predicted molar refractivity (Wildman–Crippen MR) is 94.5 cm³/mol. The number of carbonyl (C=O) groups excluding carboxylic acids is 3. The average Bonchev–Trinajstić information content (AvgIpc) is 2.80. The van der Waals surface area contributed by atoms with Crippen molar-refractivity contribution in [3.63, 3.8) is 0 Å². The summed E-state index contributed by atoms with van der Waals surface area (Å²) in [6.45, 7) is 1.79. The van der Waals surface area contributed by atoms with Gasteiger partial charge >= 0.3 is 0 Å². The molecule has 0 unspecified atom stereocenters. The van der Waals surface area contributed by atoms with E-state index in [2.05, 4.69) is 10.6 Å². The summed E-state index contributed by atoms with van der Waals surface area (Å²) in [4.78, 5) is 37.1. The summed E-state index contributed by atoms with van der Waals surface area (Å²) in [7, 11) is 1.86. The highest BCUT2D eigenvalue weighted by molar-refractivity contribution is 6.21. The molecule has 3 amide bonds. The first-order chi connectivity index (χ1) is 11.1. The van der Waals surface area contributed by atoms with Crippen LogP contribution >= 0.6 is 12.4 Å². The van der Waals surface area contributed by atoms with E-state index in [0.29, 0.717) is 37.1 Å². The summed E-state index contributed by atoms with van der Waals surface area (Å²) < 4.78 is 0. The SMILES string of the molecule is CNCCCC(=O)NCCCCN1C(=O)c2ccccc2C1=O.Cl. The Labute approximate surface area is 148 Å². The van der Waals surface area contributed by atoms with Crippen molar-refractivity contribution in [3.05, 3.63) is 35.4 Å². The third kappa shape index (κ3) is 5.04. The normalized spacial score (nSPS) is 12.8. The van der Waals surface area contributed by atoms with E-state index in [1.165, 1.54) is 4.90 Å². The summed E-state index contributed by atoms with van der Waals surface area (Å²) >= 11 is 0. The maximum absolute atomic E-state index is 12.2. The molecule has 0 fully saturated rings. The van der Waals surface area contributed by atoms with Gasteiger partial charge in [-0.25, -0.2) is 0 Å². The molecule has 0 aliphatic carbocycles. The number of carbonyl (C=O) groups is 3. The molecule has 1 aromatic carbocycles. The van der Waals surface area contributed by atoms with Crippen LogP contribution in [0.5, 0.6) is 0 Å². The molecule has 24 heavy (non-hydrogen) atoms. The van der Waals surface area contributed by atoms with Crippen LogP contribution < -0.4 is 10.6 Å². The minimum absolute atomic E-state index is 0. The van der Waals surface area contributed by atoms with Crippen molar-refractivity contribution in [1.82, 2.24) is 15.5 Å². The Balaban J connectivity index is 0.00000288. The Hall–Kier alpha value is -1.92. The molecule has 1 aliphatic rings. The molecule has 1 aromatic rings. The summed E-state index contributed by atoms with van der Waals surface area (Å²) in [5.74, 6) is -0.399. The molecular formula is C17H24ClN3O3.